The Hall–Kier alpha value is -0.530. The Morgan fingerprint density at radius 1 is 0.860 bits per heavy atom. The van der Waals surface area contributed by atoms with Crippen LogP contribution in [0.4, 0.5) is 0 Å². The van der Waals surface area contributed by atoms with Crippen LogP contribution in [0, 0.1) is 0 Å². The second-order valence-electron chi connectivity index (χ2n) is 10.4. The second-order valence-corrected chi connectivity index (χ2v) is 13.2. The van der Waals surface area contributed by atoms with Crippen LogP contribution in [-0.4, -0.2) is 122 Å². The number of ether oxygens (including phenoxy) is 1. The van der Waals surface area contributed by atoms with E-state index < -0.39 is 49.9 Å². The number of carbonyl (C=O) groups excluding carboxylic acids is 1. The molecule has 1 aliphatic rings. The van der Waals surface area contributed by atoms with Gasteiger partial charge in [-0.2, -0.15) is 0 Å². The van der Waals surface area contributed by atoms with E-state index in [9.17, 15) is 34.5 Å². The fraction of sp³-hybridized carbons (Fsp3) is 0.900. The Morgan fingerprint density at radius 3 is 1.72 bits per heavy atom. The molecule has 1 aliphatic heterocycles. The van der Waals surface area contributed by atoms with E-state index in [0.29, 0.717) is 6.42 Å². The maximum absolute atomic E-state index is 11.8. The summed E-state index contributed by atoms with van der Waals surface area (Å²) in [5.74, 6) is -0.517. The van der Waals surface area contributed by atoms with Crippen molar-refractivity contribution in [1.29, 1.82) is 0 Å². The predicted octanol–water partition coefficient (Wildman–Crippen LogP) is 3.78. The van der Waals surface area contributed by atoms with Crippen molar-refractivity contribution in [2.45, 2.75) is 124 Å². The third-order valence-electron chi connectivity index (χ3n) is 7.39. The molecule has 13 heteroatoms. The van der Waals surface area contributed by atoms with Gasteiger partial charge in [0.25, 0.3) is 0 Å². The number of aliphatic hydroxyl groups is 3. The van der Waals surface area contributed by atoms with Crippen LogP contribution in [0.5, 0.6) is 0 Å². The molecule has 1 fully saturated rings. The summed E-state index contributed by atoms with van der Waals surface area (Å²) in [6.45, 7) is 23.1. The molecule has 1 heterocycles. The van der Waals surface area contributed by atoms with Crippen molar-refractivity contribution in [2.75, 3.05) is 51.6 Å². The van der Waals surface area contributed by atoms with Gasteiger partial charge in [-0.15, -0.1) is 11.8 Å². The molecule has 5 atom stereocenters. The zero-order valence-electron chi connectivity index (χ0n) is 28.1. The number of carbonyl (C=O) groups is 1. The van der Waals surface area contributed by atoms with E-state index in [4.69, 9.17) is 4.74 Å². The summed E-state index contributed by atoms with van der Waals surface area (Å²) in [4.78, 5) is 35.5. The Bertz CT molecular complexity index is 743. The average Bonchev–Trinajstić information content (AvgIpc) is 2.97. The summed E-state index contributed by atoms with van der Waals surface area (Å²) in [5, 5.41) is 32.1. The zero-order chi connectivity index (χ0) is 33.4. The minimum absolute atomic E-state index is 0.0377. The molecule has 0 radical (unpaired) electrons. The molecule has 258 valence electrons. The first-order valence-corrected chi connectivity index (χ1v) is 18.7. The number of thioether (sulfide) groups is 1. The summed E-state index contributed by atoms with van der Waals surface area (Å²) in [5.41, 5.74) is -0.894. The Balaban J connectivity index is 0. The molecule has 0 aliphatic carbocycles. The number of aliphatic hydroxyl groups excluding tert-OH is 3. The van der Waals surface area contributed by atoms with E-state index in [1.165, 1.54) is 46.2 Å². The molecule has 1 saturated heterocycles. The van der Waals surface area contributed by atoms with Crippen molar-refractivity contribution in [2.24, 2.45) is 0 Å². The lowest BCUT2D eigenvalue weighted by Gasteiger charge is -2.42. The number of unbranched alkanes of at least 4 members (excludes halogenated alkanes) is 5. The molecule has 43 heavy (non-hydrogen) atoms. The van der Waals surface area contributed by atoms with Crippen LogP contribution in [0.15, 0.2) is 11.4 Å². The summed E-state index contributed by atoms with van der Waals surface area (Å²) >= 11 is 1.000. The number of nitrogens with zero attached hydrogens (tertiary/aromatic N) is 2. The highest BCUT2D eigenvalue weighted by Gasteiger charge is 2.45. The molecule has 11 nitrogen and oxygen atoms in total. The topological polar surface area (TPSA) is 163 Å². The Morgan fingerprint density at radius 2 is 1.35 bits per heavy atom. The Labute approximate surface area is 266 Å². The van der Waals surface area contributed by atoms with Gasteiger partial charge in [0.05, 0.1) is 12.6 Å². The largest absolute Gasteiger partial charge is 0.394 e. The minimum Gasteiger partial charge on any atom is -0.394 e. The molecule has 1 rings (SSSR count). The van der Waals surface area contributed by atoms with Crippen molar-refractivity contribution < 1.29 is 39.2 Å². The van der Waals surface area contributed by atoms with E-state index >= 15 is 0 Å². The Kier molecular flexibility index (Phi) is 27.7. The third-order valence-corrected chi connectivity index (χ3v) is 9.90. The van der Waals surface area contributed by atoms with E-state index in [-0.39, 0.29) is 11.1 Å². The molecule has 0 aromatic heterocycles. The number of rotatable bonds is 18. The number of amides is 1. The molecule has 1 amide bonds. The molecule has 0 aromatic carbocycles. The van der Waals surface area contributed by atoms with Gasteiger partial charge in [-0.3, -0.25) is 9.36 Å². The van der Waals surface area contributed by atoms with Crippen LogP contribution in [0.1, 0.15) is 93.9 Å². The average molecular weight is 658 g/mol. The summed E-state index contributed by atoms with van der Waals surface area (Å²) in [7, 11) is -4.47. The third kappa shape index (κ3) is 20.3. The standard InChI is InChI=1S/C18H34NO8PS.2C6H15N/c1-3-4-5-6-7-8-9-13(28(24,25)26)11-29-18-15(19-12(2)21)17(23)16(22)14(10-20)27-18;2*1-4-7(5-2)6-3/h9,14-18,20,22-23H,3-8,10-11H2,1-2H3,(H,19,21)(H2,24,25,26);2*4-6H2,1-3H3/b13-9+;;/t14-,15-,16-,17-,18+;;/m1../s1. The summed E-state index contributed by atoms with van der Waals surface area (Å²) in [6, 6.07) is -0.984. The van der Waals surface area contributed by atoms with Crippen molar-refractivity contribution in [3.8, 4) is 0 Å². The smallest absolute Gasteiger partial charge is 0.352 e. The van der Waals surface area contributed by atoms with Crippen LogP contribution in [0.2, 0.25) is 0 Å². The van der Waals surface area contributed by atoms with Crippen LogP contribution >= 0.6 is 19.4 Å². The first kappa shape index (κ1) is 44.6. The lowest BCUT2D eigenvalue weighted by atomic mass is 9.98. The maximum Gasteiger partial charge on any atom is 0.352 e. The van der Waals surface area contributed by atoms with Gasteiger partial charge in [0.1, 0.15) is 23.7 Å². The highest BCUT2D eigenvalue weighted by molar-refractivity contribution is 8.00. The van der Waals surface area contributed by atoms with Crippen molar-refractivity contribution in [3.05, 3.63) is 11.4 Å². The highest BCUT2D eigenvalue weighted by atomic mass is 32.2. The number of nitrogens with one attached hydrogen (secondary N) is 1. The van der Waals surface area contributed by atoms with E-state index in [1.807, 2.05) is 0 Å². The van der Waals surface area contributed by atoms with Crippen molar-refractivity contribution in [1.82, 2.24) is 15.1 Å². The van der Waals surface area contributed by atoms with E-state index in [2.05, 4.69) is 63.6 Å². The molecule has 0 aromatic rings. The van der Waals surface area contributed by atoms with Crippen molar-refractivity contribution >= 4 is 25.3 Å². The van der Waals surface area contributed by atoms with E-state index in [1.54, 1.807) is 6.08 Å². The summed E-state index contributed by atoms with van der Waals surface area (Å²) in [6.07, 6.45) is 3.41. The van der Waals surface area contributed by atoms with Crippen LogP contribution < -0.4 is 5.32 Å². The molecule has 0 spiro atoms. The molecular weight excluding hydrogens is 593 g/mol. The first-order valence-electron chi connectivity index (χ1n) is 16.0. The van der Waals surface area contributed by atoms with Gasteiger partial charge < -0.3 is 45.0 Å². The number of allylic oxidation sites excluding steroid dienone is 1. The van der Waals surface area contributed by atoms with Crippen LogP contribution in [-0.2, 0) is 14.1 Å². The monoisotopic (exact) mass is 657 g/mol. The number of hydrogen-bond donors (Lipinski definition) is 6. The fourth-order valence-electron chi connectivity index (χ4n) is 4.40. The first-order chi connectivity index (χ1) is 20.3. The van der Waals surface area contributed by atoms with Crippen LogP contribution in [0.25, 0.3) is 0 Å². The lowest BCUT2D eigenvalue weighted by Crippen LogP contribution is -2.63. The van der Waals surface area contributed by atoms with Gasteiger partial charge in [-0.05, 0) is 52.1 Å². The maximum atomic E-state index is 11.8. The van der Waals surface area contributed by atoms with Crippen molar-refractivity contribution in [3.63, 3.8) is 0 Å². The molecule has 0 saturated carbocycles. The predicted molar refractivity (Wildman–Crippen MR) is 178 cm³/mol. The van der Waals surface area contributed by atoms with Gasteiger partial charge in [-0.25, -0.2) is 0 Å². The normalized spacial score (nSPS) is 22.5. The molecule has 6 N–H and O–H groups in total. The zero-order valence-corrected chi connectivity index (χ0v) is 29.8. The highest BCUT2D eigenvalue weighted by Crippen LogP contribution is 2.47. The van der Waals surface area contributed by atoms with E-state index in [0.717, 1.165) is 43.9 Å². The van der Waals surface area contributed by atoms with Gasteiger partial charge in [0.15, 0.2) is 0 Å². The second kappa shape index (κ2) is 26.7. The van der Waals surface area contributed by atoms with Gasteiger partial charge >= 0.3 is 7.60 Å². The molecule has 0 unspecified atom stereocenters. The number of hydrogen-bond acceptors (Lipinski definition) is 9. The lowest BCUT2D eigenvalue weighted by molar-refractivity contribution is -0.173. The quantitative estimate of drug-likeness (QED) is 0.0940. The molecular formula is C30H64N3O8PS. The molecule has 0 bridgehead atoms. The van der Waals surface area contributed by atoms with Gasteiger partial charge in [0.2, 0.25) is 5.91 Å². The SMILES string of the molecule is CCCCCCC/C=C(\CS[C@@H]1O[C@H](CO)[C@@H](O)[C@H](O)[C@H]1NC(C)=O)P(=O)(O)O.CCN(CC)CC.CCN(CC)CC. The fourth-order valence-corrected chi connectivity index (χ4v) is 6.77. The van der Waals surface area contributed by atoms with Gasteiger partial charge in [0, 0.05) is 18.0 Å². The summed E-state index contributed by atoms with van der Waals surface area (Å²) < 4.78 is 17.4. The van der Waals surface area contributed by atoms with Crippen LogP contribution in [0.3, 0.4) is 0 Å². The van der Waals surface area contributed by atoms with Gasteiger partial charge in [-0.1, -0.05) is 80.2 Å². The minimum atomic E-state index is -4.47.